The number of hydrogen-bond acceptors (Lipinski definition) is 5. The molecule has 1 aromatic heterocycles. The van der Waals surface area contributed by atoms with Crippen molar-refractivity contribution in [2.75, 3.05) is 33.3 Å². The van der Waals surface area contributed by atoms with Crippen LogP contribution >= 0.6 is 0 Å². The maximum Gasteiger partial charge on any atom is 0.259 e. The van der Waals surface area contributed by atoms with Gasteiger partial charge in [-0.1, -0.05) is 12.1 Å². The summed E-state index contributed by atoms with van der Waals surface area (Å²) >= 11 is 0. The molecule has 0 bridgehead atoms. The van der Waals surface area contributed by atoms with Crippen LogP contribution in [0.1, 0.15) is 51.1 Å². The van der Waals surface area contributed by atoms with Crippen LogP contribution in [0.25, 0.3) is 0 Å². The molecule has 1 amide bonds. The predicted octanol–water partition coefficient (Wildman–Crippen LogP) is 2.44. The Labute approximate surface area is 195 Å². The Hall–Kier alpha value is -2.64. The summed E-state index contributed by atoms with van der Waals surface area (Å²) in [5, 5.41) is 10.1. The second kappa shape index (κ2) is 9.69. The molecule has 1 fully saturated rings. The van der Waals surface area contributed by atoms with Crippen molar-refractivity contribution in [3.63, 3.8) is 0 Å². The number of likely N-dealkylation sites (tertiary alicyclic amines) is 1. The van der Waals surface area contributed by atoms with Crippen LogP contribution in [0.5, 0.6) is 5.75 Å². The maximum atomic E-state index is 13.5. The summed E-state index contributed by atoms with van der Waals surface area (Å²) in [6, 6.07) is 5.92. The summed E-state index contributed by atoms with van der Waals surface area (Å²) < 4.78 is 7.24. The van der Waals surface area contributed by atoms with Gasteiger partial charge in [-0.05, 0) is 55.9 Å². The van der Waals surface area contributed by atoms with Gasteiger partial charge >= 0.3 is 0 Å². The lowest BCUT2D eigenvalue weighted by atomic mass is 10.0. The summed E-state index contributed by atoms with van der Waals surface area (Å²) in [7, 11) is 1.50. The molecule has 0 aliphatic carbocycles. The maximum absolute atomic E-state index is 13.5. The lowest BCUT2D eigenvalue weighted by molar-refractivity contribution is 0.0469. The summed E-state index contributed by atoms with van der Waals surface area (Å²) in [4.78, 5) is 30.5. The number of nitrogens with zero attached hydrogens (tertiary/aromatic N) is 3. The zero-order chi connectivity index (χ0) is 23.7. The number of β-amino-alcohol motifs (C(OH)–C–C–N with tert-alkyl or cyclic N) is 1. The number of aliphatic hydroxyl groups is 1. The van der Waals surface area contributed by atoms with E-state index in [2.05, 4.69) is 37.8 Å². The minimum atomic E-state index is -0.504. The molecule has 1 aromatic carbocycles. The molecule has 2 aliphatic rings. The number of aromatic nitrogens is 1. The number of benzene rings is 1. The van der Waals surface area contributed by atoms with Crippen molar-refractivity contribution >= 4 is 5.91 Å². The SMILES string of the molecule is COc1cc(=O)n2c(c1C(=O)N1CCC[C@@H](O)C1)CCN(Cc1cc(C)c(C)cc1C)CC2. The molecule has 2 aromatic rings. The number of rotatable bonds is 4. The highest BCUT2D eigenvalue weighted by Crippen LogP contribution is 2.26. The Balaban J connectivity index is 1.63. The normalized spacial score (nSPS) is 19.2. The molecule has 0 spiro atoms. The van der Waals surface area contributed by atoms with Gasteiger partial charge in [-0.15, -0.1) is 0 Å². The van der Waals surface area contributed by atoms with Crippen LogP contribution in [0, 0.1) is 20.8 Å². The van der Waals surface area contributed by atoms with Crippen molar-refractivity contribution < 1.29 is 14.6 Å². The number of carbonyl (C=O) groups excluding carboxylic acids is 1. The number of amides is 1. The minimum Gasteiger partial charge on any atom is -0.496 e. The second-order valence-corrected chi connectivity index (χ2v) is 9.46. The van der Waals surface area contributed by atoms with Gasteiger partial charge in [-0.25, -0.2) is 0 Å². The number of ether oxygens (including phenoxy) is 1. The highest BCUT2D eigenvalue weighted by atomic mass is 16.5. The molecule has 2 aliphatic heterocycles. The Morgan fingerprint density at radius 3 is 2.55 bits per heavy atom. The fourth-order valence-corrected chi connectivity index (χ4v) is 5.07. The number of pyridine rings is 1. The molecular formula is C26H35N3O4. The topological polar surface area (TPSA) is 75.0 Å². The smallest absolute Gasteiger partial charge is 0.259 e. The highest BCUT2D eigenvalue weighted by Gasteiger charge is 2.30. The van der Waals surface area contributed by atoms with Gasteiger partial charge in [0, 0.05) is 57.4 Å². The fourth-order valence-electron chi connectivity index (χ4n) is 5.07. The van der Waals surface area contributed by atoms with Gasteiger partial charge in [0.1, 0.15) is 11.3 Å². The number of piperidine rings is 1. The molecule has 1 saturated heterocycles. The van der Waals surface area contributed by atoms with Crippen molar-refractivity contribution in [2.45, 2.75) is 59.2 Å². The summed E-state index contributed by atoms with van der Waals surface area (Å²) in [6.45, 7) is 10.2. The average Bonchev–Trinajstić information content (AvgIpc) is 3.00. The van der Waals surface area contributed by atoms with E-state index in [1.165, 1.54) is 35.4 Å². The molecule has 1 N–H and O–H groups in total. The van der Waals surface area contributed by atoms with Crippen molar-refractivity contribution in [3.8, 4) is 5.75 Å². The predicted molar refractivity (Wildman–Crippen MR) is 128 cm³/mol. The van der Waals surface area contributed by atoms with Crippen LogP contribution < -0.4 is 10.3 Å². The Morgan fingerprint density at radius 1 is 1.06 bits per heavy atom. The first-order valence-electron chi connectivity index (χ1n) is 11.9. The number of aliphatic hydroxyl groups excluding tert-OH is 1. The average molecular weight is 454 g/mol. The van der Waals surface area contributed by atoms with E-state index < -0.39 is 6.10 Å². The van der Waals surface area contributed by atoms with Crippen molar-refractivity contribution in [3.05, 3.63) is 62.1 Å². The number of methoxy groups -OCH3 is 1. The van der Waals surface area contributed by atoms with Gasteiger partial charge in [0.25, 0.3) is 11.5 Å². The van der Waals surface area contributed by atoms with E-state index >= 15 is 0 Å². The van der Waals surface area contributed by atoms with E-state index in [1.807, 2.05) is 0 Å². The molecule has 0 radical (unpaired) electrons. The number of carbonyl (C=O) groups is 1. The zero-order valence-corrected chi connectivity index (χ0v) is 20.2. The summed E-state index contributed by atoms with van der Waals surface area (Å²) in [5.74, 6) is 0.169. The highest BCUT2D eigenvalue weighted by molar-refractivity contribution is 5.98. The first kappa shape index (κ1) is 23.5. The summed E-state index contributed by atoms with van der Waals surface area (Å²) in [5.41, 5.74) is 6.22. The molecule has 3 heterocycles. The third kappa shape index (κ3) is 4.84. The summed E-state index contributed by atoms with van der Waals surface area (Å²) in [6.07, 6.45) is 1.57. The van der Waals surface area contributed by atoms with E-state index in [9.17, 15) is 14.7 Å². The number of aryl methyl sites for hydroxylation is 3. The molecular weight excluding hydrogens is 418 g/mol. The van der Waals surface area contributed by atoms with Crippen molar-refractivity contribution in [2.24, 2.45) is 0 Å². The third-order valence-corrected chi connectivity index (χ3v) is 7.15. The van der Waals surface area contributed by atoms with E-state index in [0.717, 1.165) is 31.7 Å². The lowest BCUT2D eigenvalue weighted by Gasteiger charge is -2.31. The van der Waals surface area contributed by atoms with Crippen LogP contribution in [0.3, 0.4) is 0 Å². The molecule has 33 heavy (non-hydrogen) atoms. The second-order valence-electron chi connectivity index (χ2n) is 9.46. The molecule has 7 heteroatoms. The molecule has 7 nitrogen and oxygen atoms in total. The first-order valence-corrected chi connectivity index (χ1v) is 11.9. The van der Waals surface area contributed by atoms with Gasteiger partial charge < -0.3 is 19.3 Å². The van der Waals surface area contributed by atoms with Crippen LogP contribution in [-0.4, -0.2) is 64.8 Å². The van der Waals surface area contributed by atoms with Crippen LogP contribution in [0.4, 0.5) is 0 Å². The molecule has 0 unspecified atom stereocenters. The lowest BCUT2D eigenvalue weighted by Crippen LogP contribution is -2.43. The first-order chi connectivity index (χ1) is 15.8. The molecule has 178 valence electrons. The van der Waals surface area contributed by atoms with E-state index in [-0.39, 0.29) is 11.5 Å². The molecule has 0 saturated carbocycles. The van der Waals surface area contributed by atoms with Gasteiger partial charge in [0.2, 0.25) is 0 Å². The monoisotopic (exact) mass is 453 g/mol. The fraction of sp³-hybridized carbons (Fsp3) is 0.538. The Bertz CT molecular complexity index is 1110. The molecule has 4 rings (SSSR count). The Kier molecular flexibility index (Phi) is 6.91. The van der Waals surface area contributed by atoms with Gasteiger partial charge in [-0.3, -0.25) is 14.5 Å². The Morgan fingerprint density at radius 2 is 1.82 bits per heavy atom. The third-order valence-electron chi connectivity index (χ3n) is 7.15. The van der Waals surface area contributed by atoms with Gasteiger partial charge in [-0.2, -0.15) is 0 Å². The van der Waals surface area contributed by atoms with E-state index in [4.69, 9.17) is 4.74 Å². The standard InChI is InChI=1S/C26H35N3O4/c1-17-12-19(3)20(13-18(17)2)15-27-9-7-22-25(26(32)28-8-5-6-21(30)16-28)23(33-4)14-24(31)29(22)11-10-27/h12-14,21,30H,5-11,15-16H2,1-4H3/t21-/m1/s1. The van der Waals surface area contributed by atoms with Crippen molar-refractivity contribution in [1.82, 2.24) is 14.4 Å². The molecule has 1 atom stereocenters. The van der Waals surface area contributed by atoms with Gasteiger partial charge in [0.05, 0.1) is 13.2 Å². The largest absolute Gasteiger partial charge is 0.496 e. The number of fused-ring (bicyclic) bond motifs is 1. The van der Waals surface area contributed by atoms with Crippen LogP contribution in [0.15, 0.2) is 23.0 Å². The van der Waals surface area contributed by atoms with Crippen LogP contribution in [0.2, 0.25) is 0 Å². The van der Waals surface area contributed by atoms with Crippen LogP contribution in [-0.2, 0) is 19.5 Å². The van der Waals surface area contributed by atoms with Gasteiger partial charge in [0.15, 0.2) is 0 Å². The zero-order valence-electron chi connectivity index (χ0n) is 20.2. The minimum absolute atomic E-state index is 0.138. The van der Waals surface area contributed by atoms with Crippen molar-refractivity contribution in [1.29, 1.82) is 0 Å². The van der Waals surface area contributed by atoms with E-state index in [1.54, 1.807) is 9.47 Å². The quantitative estimate of drug-likeness (QED) is 0.770. The number of hydrogen-bond donors (Lipinski definition) is 1. The van der Waals surface area contributed by atoms with E-state index in [0.29, 0.717) is 43.8 Å².